The summed E-state index contributed by atoms with van der Waals surface area (Å²) in [6.45, 7) is 4.30. The fraction of sp³-hybridized carbons (Fsp3) is 0.600. The molecule has 4 heteroatoms. The quantitative estimate of drug-likeness (QED) is 0.884. The number of halogens is 1. The molecule has 0 aliphatic heterocycles. The van der Waals surface area contributed by atoms with Crippen molar-refractivity contribution in [2.24, 2.45) is 5.92 Å². The Kier molecular flexibility index (Phi) is 2.47. The van der Waals surface area contributed by atoms with Crippen LogP contribution in [0.3, 0.4) is 0 Å². The summed E-state index contributed by atoms with van der Waals surface area (Å²) in [5.41, 5.74) is 6.83. The van der Waals surface area contributed by atoms with Gasteiger partial charge in [0, 0.05) is 5.92 Å². The van der Waals surface area contributed by atoms with Gasteiger partial charge in [-0.1, -0.05) is 13.8 Å². The van der Waals surface area contributed by atoms with E-state index >= 15 is 0 Å². The Balaban J connectivity index is 2.38. The van der Waals surface area contributed by atoms with E-state index in [1.165, 1.54) is 6.42 Å². The smallest absolute Gasteiger partial charge is 0.141 e. The van der Waals surface area contributed by atoms with Gasteiger partial charge >= 0.3 is 0 Å². The van der Waals surface area contributed by atoms with Crippen LogP contribution in [-0.4, -0.2) is 9.97 Å². The van der Waals surface area contributed by atoms with E-state index in [-0.39, 0.29) is 0 Å². The minimum absolute atomic E-state index is 0.538. The molecular weight excluding hydrogens is 242 g/mol. The zero-order chi connectivity index (χ0) is 10.3. The van der Waals surface area contributed by atoms with Crippen LogP contribution in [0.1, 0.15) is 37.7 Å². The highest BCUT2D eigenvalue weighted by atomic mass is 79.9. The van der Waals surface area contributed by atoms with Gasteiger partial charge in [-0.25, -0.2) is 9.97 Å². The van der Waals surface area contributed by atoms with Gasteiger partial charge in [0.1, 0.15) is 11.6 Å². The van der Waals surface area contributed by atoms with Crippen molar-refractivity contribution in [3.8, 4) is 0 Å². The zero-order valence-electron chi connectivity index (χ0n) is 8.42. The van der Waals surface area contributed by atoms with Crippen molar-refractivity contribution in [1.82, 2.24) is 9.97 Å². The second-order valence-electron chi connectivity index (χ2n) is 3.90. The molecule has 1 saturated carbocycles. The van der Waals surface area contributed by atoms with Gasteiger partial charge in [0.2, 0.25) is 0 Å². The summed E-state index contributed by atoms with van der Waals surface area (Å²) < 4.78 is 0.858. The van der Waals surface area contributed by atoms with Crippen molar-refractivity contribution in [2.45, 2.75) is 32.6 Å². The number of hydrogen-bond acceptors (Lipinski definition) is 3. The Morgan fingerprint density at radius 2 is 2.14 bits per heavy atom. The first-order valence-electron chi connectivity index (χ1n) is 4.95. The zero-order valence-corrected chi connectivity index (χ0v) is 10.0. The second-order valence-corrected chi connectivity index (χ2v) is 4.69. The fourth-order valence-electron chi connectivity index (χ4n) is 1.61. The molecule has 1 fully saturated rings. The monoisotopic (exact) mass is 255 g/mol. The van der Waals surface area contributed by atoms with Crippen LogP contribution >= 0.6 is 15.9 Å². The molecule has 2 rings (SSSR count). The van der Waals surface area contributed by atoms with Gasteiger partial charge in [-0.2, -0.15) is 0 Å². The maximum atomic E-state index is 5.81. The second kappa shape index (κ2) is 3.50. The molecule has 1 aliphatic carbocycles. The van der Waals surface area contributed by atoms with Crippen molar-refractivity contribution in [2.75, 3.05) is 5.73 Å². The van der Waals surface area contributed by atoms with E-state index < -0.39 is 0 Å². The normalized spacial score (nSPS) is 25.1. The molecule has 0 saturated heterocycles. The molecule has 76 valence electrons. The lowest BCUT2D eigenvalue weighted by molar-refractivity contribution is 0.820. The lowest BCUT2D eigenvalue weighted by atomic mass is 10.2. The highest BCUT2D eigenvalue weighted by Crippen LogP contribution is 2.45. The third kappa shape index (κ3) is 1.63. The number of nitrogens with two attached hydrogens (primary N) is 1. The predicted molar refractivity (Wildman–Crippen MR) is 60.0 cm³/mol. The summed E-state index contributed by atoms with van der Waals surface area (Å²) in [5.74, 6) is 2.76. The molecule has 1 heterocycles. The standard InChI is InChI=1S/C10H14BrN3/c1-3-7-8(11)9(12)14-10(13-7)6-4-5(6)2/h5-6H,3-4H2,1-2H3,(H2,12,13,14). The van der Waals surface area contributed by atoms with Crippen LogP contribution in [0, 0.1) is 5.92 Å². The Morgan fingerprint density at radius 3 is 2.64 bits per heavy atom. The molecule has 14 heavy (non-hydrogen) atoms. The first kappa shape index (κ1) is 9.90. The van der Waals surface area contributed by atoms with Crippen LogP contribution < -0.4 is 5.73 Å². The number of aryl methyl sites for hydroxylation is 1. The number of anilines is 1. The molecule has 2 atom stereocenters. The van der Waals surface area contributed by atoms with Crippen LogP contribution in [0.5, 0.6) is 0 Å². The molecule has 0 amide bonds. The first-order chi connectivity index (χ1) is 6.63. The molecule has 0 radical (unpaired) electrons. The third-order valence-corrected chi connectivity index (χ3v) is 3.60. The van der Waals surface area contributed by atoms with E-state index in [1.807, 2.05) is 0 Å². The summed E-state index contributed by atoms with van der Waals surface area (Å²) in [7, 11) is 0. The lowest BCUT2D eigenvalue weighted by Gasteiger charge is -2.06. The van der Waals surface area contributed by atoms with E-state index in [2.05, 4.69) is 39.7 Å². The first-order valence-corrected chi connectivity index (χ1v) is 5.74. The van der Waals surface area contributed by atoms with Gasteiger partial charge in [0.25, 0.3) is 0 Å². The topological polar surface area (TPSA) is 51.8 Å². The molecule has 0 spiro atoms. The van der Waals surface area contributed by atoms with Crippen molar-refractivity contribution in [3.05, 3.63) is 16.0 Å². The van der Waals surface area contributed by atoms with Gasteiger partial charge in [0.15, 0.2) is 0 Å². The third-order valence-electron chi connectivity index (χ3n) is 2.74. The molecule has 1 aromatic heterocycles. The average Bonchev–Trinajstić information content (AvgIpc) is 2.87. The van der Waals surface area contributed by atoms with E-state index in [4.69, 9.17) is 5.73 Å². The van der Waals surface area contributed by atoms with Crippen LogP contribution in [0.4, 0.5) is 5.82 Å². The molecular formula is C10H14BrN3. The fourth-order valence-corrected chi connectivity index (χ4v) is 2.07. The van der Waals surface area contributed by atoms with E-state index in [0.717, 1.165) is 28.3 Å². The van der Waals surface area contributed by atoms with E-state index in [0.29, 0.717) is 11.7 Å². The summed E-state index contributed by atoms with van der Waals surface area (Å²) in [5, 5.41) is 0. The van der Waals surface area contributed by atoms with Crippen molar-refractivity contribution < 1.29 is 0 Å². The molecule has 0 aromatic carbocycles. The largest absolute Gasteiger partial charge is 0.383 e. The maximum Gasteiger partial charge on any atom is 0.141 e. The maximum absolute atomic E-state index is 5.81. The van der Waals surface area contributed by atoms with Crippen LogP contribution in [-0.2, 0) is 6.42 Å². The van der Waals surface area contributed by atoms with Gasteiger partial charge in [-0.05, 0) is 34.7 Å². The molecule has 2 N–H and O–H groups in total. The summed E-state index contributed by atoms with van der Waals surface area (Å²) in [4.78, 5) is 8.84. The number of nitrogen functional groups attached to an aromatic ring is 1. The Bertz CT molecular complexity index is 365. The van der Waals surface area contributed by atoms with Crippen molar-refractivity contribution in [3.63, 3.8) is 0 Å². The molecule has 2 unspecified atom stereocenters. The molecule has 1 aliphatic rings. The van der Waals surface area contributed by atoms with Crippen LogP contribution in [0.25, 0.3) is 0 Å². The summed E-state index contributed by atoms with van der Waals surface area (Å²) in [6, 6.07) is 0. The molecule has 0 bridgehead atoms. The van der Waals surface area contributed by atoms with Gasteiger partial charge < -0.3 is 5.73 Å². The van der Waals surface area contributed by atoms with Gasteiger partial charge in [-0.15, -0.1) is 0 Å². The Labute approximate surface area is 92.3 Å². The highest BCUT2D eigenvalue weighted by Gasteiger charge is 2.37. The Morgan fingerprint density at radius 1 is 1.50 bits per heavy atom. The van der Waals surface area contributed by atoms with Crippen molar-refractivity contribution >= 4 is 21.7 Å². The number of rotatable bonds is 2. The number of aromatic nitrogens is 2. The molecule has 3 nitrogen and oxygen atoms in total. The Hall–Kier alpha value is -0.640. The summed E-state index contributed by atoms with van der Waals surface area (Å²) >= 11 is 3.41. The minimum Gasteiger partial charge on any atom is -0.383 e. The summed E-state index contributed by atoms with van der Waals surface area (Å²) in [6.07, 6.45) is 2.09. The number of nitrogens with zero attached hydrogens (tertiary/aromatic N) is 2. The van der Waals surface area contributed by atoms with Crippen LogP contribution in [0.2, 0.25) is 0 Å². The van der Waals surface area contributed by atoms with E-state index in [9.17, 15) is 0 Å². The molecule has 1 aromatic rings. The van der Waals surface area contributed by atoms with Crippen molar-refractivity contribution in [1.29, 1.82) is 0 Å². The van der Waals surface area contributed by atoms with Crippen LogP contribution in [0.15, 0.2) is 4.47 Å². The SMILES string of the molecule is CCc1nc(C2CC2C)nc(N)c1Br. The highest BCUT2D eigenvalue weighted by molar-refractivity contribution is 9.10. The van der Waals surface area contributed by atoms with Gasteiger partial charge in [-0.3, -0.25) is 0 Å². The minimum atomic E-state index is 0.538. The lowest BCUT2D eigenvalue weighted by Crippen LogP contribution is -2.04. The predicted octanol–water partition coefficient (Wildman–Crippen LogP) is 2.51. The van der Waals surface area contributed by atoms with Gasteiger partial charge in [0.05, 0.1) is 10.2 Å². The number of hydrogen-bond donors (Lipinski definition) is 1. The van der Waals surface area contributed by atoms with E-state index in [1.54, 1.807) is 0 Å². The average molecular weight is 256 g/mol.